The minimum atomic E-state index is -0.0646. The lowest BCUT2D eigenvalue weighted by atomic mass is 10.1. The maximum atomic E-state index is 11.7. The molecule has 3 nitrogen and oxygen atoms in total. The predicted octanol–water partition coefficient (Wildman–Crippen LogP) is 2.91. The van der Waals surface area contributed by atoms with Crippen molar-refractivity contribution >= 4 is 17.5 Å². The molecule has 0 spiro atoms. The molecule has 4 heteroatoms. The highest BCUT2D eigenvalue weighted by Crippen LogP contribution is 2.21. The van der Waals surface area contributed by atoms with Gasteiger partial charge in [0.25, 0.3) is 0 Å². The second-order valence-corrected chi connectivity index (χ2v) is 5.08. The third-order valence-corrected chi connectivity index (χ3v) is 3.00. The first-order valence-corrected chi connectivity index (χ1v) is 6.65. The van der Waals surface area contributed by atoms with Gasteiger partial charge in [-0.25, -0.2) is 0 Å². The summed E-state index contributed by atoms with van der Waals surface area (Å²) < 4.78 is 0. The van der Waals surface area contributed by atoms with Gasteiger partial charge in [-0.05, 0) is 18.6 Å². The van der Waals surface area contributed by atoms with Crippen LogP contribution < -0.4 is 10.6 Å². The Morgan fingerprint density at radius 2 is 1.94 bits per heavy atom. The molecule has 0 aliphatic heterocycles. The molecule has 0 bridgehead atoms. The fraction of sp³-hybridized carbons (Fsp3) is 0.500. The average molecular weight is 269 g/mol. The van der Waals surface area contributed by atoms with E-state index in [1.165, 1.54) is 0 Å². The van der Waals surface area contributed by atoms with Crippen LogP contribution in [0.2, 0.25) is 5.02 Å². The van der Waals surface area contributed by atoms with Crippen LogP contribution in [0.5, 0.6) is 0 Å². The highest BCUT2D eigenvalue weighted by atomic mass is 35.5. The monoisotopic (exact) mass is 268 g/mol. The fourth-order valence-corrected chi connectivity index (χ4v) is 1.99. The summed E-state index contributed by atoms with van der Waals surface area (Å²) in [6.07, 6.45) is 0.479. The minimum absolute atomic E-state index is 0.0376. The molecule has 0 saturated carbocycles. The van der Waals surface area contributed by atoms with Crippen molar-refractivity contribution in [3.8, 4) is 0 Å². The van der Waals surface area contributed by atoms with Crippen LogP contribution in [0.25, 0.3) is 0 Å². The van der Waals surface area contributed by atoms with E-state index in [9.17, 15) is 4.79 Å². The summed E-state index contributed by atoms with van der Waals surface area (Å²) >= 11 is 6.08. The summed E-state index contributed by atoms with van der Waals surface area (Å²) in [5, 5.41) is 6.85. The first kappa shape index (κ1) is 15.0. The summed E-state index contributed by atoms with van der Waals surface area (Å²) in [5.74, 6) is 0.0376. The standard InChI is InChI=1S/C14H21ClN2O/c1-10(2)16-9-8-14(18)17-11(3)12-6-4-5-7-13(12)15/h4-7,10-11,16H,8-9H2,1-3H3,(H,17,18). The molecule has 0 saturated heterocycles. The van der Waals surface area contributed by atoms with E-state index in [0.29, 0.717) is 24.0 Å². The van der Waals surface area contributed by atoms with Crippen molar-refractivity contribution in [2.24, 2.45) is 0 Å². The molecule has 100 valence electrons. The van der Waals surface area contributed by atoms with E-state index in [2.05, 4.69) is 24.5 Å². The van der Waals surface area contributed by atoms with Crippen LogP contribution >= 0.6 is 11.6 Å². The van der Waals surface area contributed by atoms with Gasteiger partial charge in [0.2, 0.25) is 5.91 Å². The first-order valence-electron chi connectivity index (χ1n) is 6.28. The average Bonchev–Trinajstić information content (AvgIpc) is 2.28. The molecule has 1 aromatic rings. The number of amides is 1. The van der Waals surface area contributed by atoms with Crippen LogP contribution in [-0.2, 0) is 4.79 Å². The van der Waals surface area contributed by atoms with E-state index in [0.717, 1.165) is 5.56 Å². The number of carbonyl (C=O) groups is 1. The fourth-order valence-electron chi connectivity index (χ4n) is 1.69. The van der Waals surface area contributed by atoms with Gasteiger partial charge < -0.3 is 10.6 Å². The summed E-state index contributed by atoms with van der Waals surface area (Å²) in [6.45, 7) is 6.75. The lowest BCUT2D eigenvalue weighted by molar-refractivity contribution is -0.121. The molecule has 0 aliphatic rings. The molecule has 0 aromatic heterocycles. The van der Waals surface area contributed by atoms with E-state index in [-0.39, 0.29) is 11.9 Å². The summed E-state index contributed by atoms with van der Waals surface area (Å²) in [6, 6.07) is 7.90. The number of halogens is 1. The molecule has 2 N–H and O–H groups in total. The van der Waals surface area contributed by atoms with Gasteiger partial charge in [0, 0.05) is 24.0 Å². The number of nitrogens with one attached hydrogen (secondary N) is 2. The first-order chi connectivity index (χ1) is 8.50. The van der Waals surface area contributed by atoms with Crippen molar-refractivity contribution in [1.82, 2.24) is 10.6 Å². The van der Waals surface area contributed by atoms with Crippen LogP contribution in [0, 0.1) is 0 Å². The van der Waals surface area contributed by atoms with Gasteiger partial charge in [-0.3, -0.25) is 4.79 Å². The highest BCUT2D eigenvalue weighted by Gasteiger charge is 2.11. The SMILES string of the molecule is CC(C)NCCC(=O)NC(C)c1ccccc1Cl. The smallest absolute Gasteiger partial charge is 0.221 e. The molecule has 0 radical (unpaired) electrons. The Labute approximate surface area is 114 Å². The lowest BCUT2D eigenvalue weighted by Crippen LogP contribution is -2.32. The normalized spacial score (nSPS) is 12.5. The van der Waals surface area contributed by atoms with E-state index < -0.39 is 0 Å². The minimum Gasteiger partial charge on any atom is -0.349 e. The Hall–Kier alpha value is -1.06. The van der Waals surface area contributed by atoms with Crippen molar-refractivity contribution in [2.45, 2.75) is 39.3 Å². The Morgan fingerprint density at radius 3 is 2.56 bits per heavy atom. The van der Waals surface area contributed by atoms with Gasteiger partial charge in [0.1, 0.15) is 0 Å². The number of carbonyl (C=O) groups excluding carboxylic acids is 1. The van der Waals surface area contributed by atoms with Crippen LogP contribution in [0.4, 0.5) is 0 Å². The quantitative estimate of drug-likeness (QED) is 0.833. The van der Waals surface area contributed by atoms with Gasteiger partial charge in [-0.15, -0.1) is 0 Å². The second-order valence-electron chi connectivity index (χ2n) is 4.67. The van der Waals surface area contributed by atoms with Crippen molar-refractivity contribution in [3.05, 3.63) is 34.9 Å². The van der Waals surface area contributed by atoms with E-state index in [1.807, 2.05) is 31.2 Å². The van der Waals surface area contributed by atoms with Gasteiger partial charge in [-0.2, -0.15) is 0 Å². The van der Waals surface area contributed by atoms with Gasteiger partial charge in [0.15, 0.2) is 0 Å². The molecular formula is C14H21ClN2O. The van der Waals surface area contributed by atoms with Gasteiger partial charge in [-0.1, -0.05) is 43.6 Å². The van der Waals surface area contributed by atoms with E-state index >= 15 is 0 Å². The van der Waals surface area contributed by atoms with Gasteiger partial charge >= 0.3 is 0 Å². The molecular weight excluding hydrogens is 248 g/mol. The van der Waals surface area contributed by atoms with Crippen molar-refractivity contribution in [2.75, 3.05) is 6.54 Å². The van der Waals surface area contributed by atoms with Crippen molar-refractivity contribution in [3.63, 3.8) is 0 Å². The molecule has 1 atom stereocenters. The molecule has 18 heavy (non-hydrogen) atoms. The largest absolute Gasteiger partial charge is 0.349 e. The predicted molar refractivity (Wildman–Crippen MR) is 75.8 cm³/mol. The summed E-state index contributed by atoms with van der Waals surface area (Å²) in [4.78, 5) is 11.7. The zero-order valence-electron chi connectivity index (χ0n) is 11.2. The van der Waals surface area contributed by atoms with E-state index in [4.69, 9.17) is 11.6 Å². The third-order valence-electron chi connectivity index (χ3n) is 2.65. The Morgan fingerprint density at radius 1 is 1.28 bits per heavy atom. The third kappa shape index (κ3) is 5.07. The molecule has 1 amide bonds. The Balaban J connectivity index is 2.42. The Bertz CT molecular complexity index is 393. The topological polar surface area (TPSA) is 41.1 Å². The zero-order chi connectivity index (χ0) is 13.5. The molecule has 0 fully saturated rings. The number of rotatable bonds is 6. The maximum absolute atomic E-state index is 11.7. The molecule has 0 aliphatic carbocycles. The highest BCUT2D eigenvalue weighted by molar-refractivity contribution is 6.31. The molecule has 1 rings (SSSR count). The zero-order valence-corrected chi connectivity index (χ0v) is 11.9. The van der Waals surface area contributed by atoms with Crippen LogP contribution in [0.15, 0.2) is 24.3 Å². The van der Waals surface area contributed by atoms with E-state index in [1.54, 1.807) is 0 Å². The number of hydrogen-bond acceptors (Lipinski definition) is 2. The molecule has 1 unspecified atom stereocenters. The lowest BCUT2D eigenvalue weighted by Gasteiger charge is -2.16. The van der Waals surface area contributed by atoms with Gasteiger partial charge in [0.05, 0.1) is 6.04 Å². The number of hydrogen-bond donors (Lipinski definition) is 2. The van der Waals surface area contributed by atoms with Crippen LogP contribution in [0.3, 0.4) is 0 Å². The number of benzene rings is 1. The molecule has 0 heterocycles. The van der Waals surface area contributed by atoms with Crippen molar-refractivity contribution in [1.29, 1.82) is 0 Å². The van der Waals surface area contributed by atoms with Crippen molar-refractivity contribution < 1.29 is 4.79 Å². The Kier molecular flexibility index (Phi) is 6.16. The second kappa shape index (κ2) is 7.39. The summed E-state index contributed by atoms with van der Waals surface area (Å²) in [5.41, 5.74) is 0.948. The molecule has 1 aromatic carbocycles. The van der Waals surface area contributed by atoms with Crippen LogP contribution in [-0.4, -0.2) is 18.5 Å². The summed E-state index contributed by atoms with van der Waals surface area (Å²) in [7, 11) is 0. The maximum Gasteiger partial charge on any atom is 0.221 e. The van der Waals surface area contributed by atoms with Crippen LogP contribution in [0.1, 0.15) is 38.8 Å².